The standard InChI is InChI=1S/C13H24N4/c1-2-3-4-8-16-9-5-12(6-10-16)17-11-7-13(14)15-17/h7,11-12H,2-6,8-10H2,1H3,(H2,14,15). The molecule has 0 unspecified atom stereocenters. The van der Waals surface area contributed by atoms with Gasteiger partial charge in [-0.2, -0.15) is 5.10 Å². The molecule has 1 saturated heterocycles. The van der Waals surface area contributed by atoms with E-state index >= 15 is 0 Å². The van der Waals surface area contributed by atoms with Crippen molar-refractivity contribution in [3.63, 3.8) is 0 Å². The summed E-state index contributed by atoms with van der Waals surface area (Å²) in [5, 5.41) is 4.31. The molecule has 0 radical (unpaired) electrons. The van der Waals surface area contributed by atoms with Gasteiger partial charge in [-0.1, -0.05) is 19.8 Å². The predicted octanol–water partition coefficient (Wildman–Crippen LogP) is 2.29. The van der Waals surface area contributed by atoms with Crippen LogP contribution >= 0.6 is 0 Å². The van der Waals surface area contributed by atoms with Crippen LogP contribution in [0.15, 0.2) is 12.3 Å². The zero-order valence-corrected chi connectivity index (χ0v) is 10.8. The Balaban J connectivity index is 1.74. The quantitative estimate of drug-likeness (QED) is 0.798. The molecule has 4 heteroatoms. The Morgan fingerprint density at radius 3 is 2.71 bits per heavy atom. The highest BCUT2D eigenvalue weighted by Gasteiger charge is 2.20. The molecule has 1 aliphatic rings. The van der Waals surface area contributed by atoms with Gasteiger partial charge in [0.2, 0.25) is 0 Å². The number of aromatic nitrogens is 2. The van der Waals surface area contributed by atoms with Crippen LogP contribution in [0.25, 0.3) is 0 Å². The summed E-state index contributed by atoms with van der Waals surface area (Å²) in [7, 11) is 0. The summed E-state index contributed by atoms with van der Waals surface area (Å²) in [6, 6.07) is 2.43. The maximum Gasteiger partial charge on any atom is 0.145 e. The van der Waals surface area contributed by atoms with Crippen LogP contribution in [0, 0.1) is 0 Å². The number of piperidine rings is 1. The zero-order chi connectivity index (χ0) is 12.1. The van der Waals surface area contributed by atoms with Gasteiger partial charge in [-0.3, -0.25) is 4.68 Å². The Morgan fingerprint density at radius 2 is 2.12 bits per heavy atom. The molecule has 2 N–H and O–H groups in total. The molecule has 2 rings (SSSR count). The number of nitrogens with zero attached hydrogens (tertiary/aromatic N) is 3. The third-order valence-electron chi connectivity index (χ3n) is 3.64. The molecule has 0 aromatic carbocycles. The summed E-state index contributed by atoms with van der Waals surface area (Å²) in [4.78, 5) is 2.58. The lowest BCUT2D eigenvalue weighted by atomic mass is 10.0. The van der Waals surface area contributed by atoms with Crippen molar-refractivity contribution in [1.29, 1.82) is 0 Å². The normalized spacial score (nSPS) is 18.6. The second-order valence-electron chi connectivity index (χ2n) is 5.00. The lowest BCUT2D eigenvalue weighted by Gasteiger charge is -2.32. The van der Waals surface area contributed by atoms with Crippen LogP contribution in [0.4, 0.5) is 5.82 Å². The fourth-order valence-corrected chi connectivity index (χ4v) is 2.55. The third-order valence-corrected chi connectivity index (χ3v) is 3.64. The van der Waals surface area contributed by atoms with Crippen LogP contribution < -0.4 is 5.73 Å². The first kappa shape index (κ1) is 12.4. The molecular weight excluding hydrogens is 212 g/mol. The van der Waals surface area contributed by atoms with Crippen LogP contribution in [0.5, 0.6) is 0 Å². The number of nitrogens with two attached hydrogens (primary N) is 1. The minimum Gasteiger partial charge on any atom is -0.382 e. The first-order valence-corrected chi connectivity index (χ1v) is 6.82. The van der Waals surface area contributed by atoms with Crippen molar-refractivity contribution in [2.24, 2.45) is 0 Å². The van der Waals surface area contributed by atoms with Gasteiger partial charge in [0.15, 0.2) is 0 Å². The molecule has 17 heavy (non-hydrogen) atoms. The van der Waals surface area contributed by atoms with Gasteiger partial charge in [0.1, 0.15) is 5.82 Å². The van der Waals surface area contributed by atoms with Crippen molar-refractivity contribution < 1.29 is 0 Å². The van der Waals surface area contributed by atoms with Gasteiger partial charge < -0.3 is 10.6 Å². The number of unbranched alkanes of at least 4 members (excludes halogenated alkanes) is 2. The molecule has 1 aliphatic heterocycles. The molecule has 0 atom stereocenters. The predicted molar refractivity (Wildman–Crippen MR) is 70.9 cm³/mol. The Kier molecular flexibility index (Phi) is 4.42. The summed E-state index contributed by atoms with van der Waals surface area (Å²) < 4.78 is 2.04. The molecule has 1 aromatic heterocycles. The number of hydrogen-bond donors (Lipinski definition) is 1. The molecule has 96 valence electrons. The van der Waals surface area contributed by atoms with E-state index in [2.05, 4.69) is 16.9 Å². The molecule has 2 heterocycles. The monoisotopic (exact) mass is 236 g/mol. The van der Waals surface area contributed by atoms with Gasteiger partial charge in [0.05, 0.1) is 6.04 Å². The van der Waals surface area contributed by atoms with E-state index in [1.165, 1.54) is 51.7 Å². The lowest BCUT2D eigenvalue weighted by molar-refractivity contribution is 0.177. The van der Waals surface area contributed by atoms with E-state index in [4.69, 9.17) is 5.73 Å². The van der Waals surface area contributed by atoms with Crippen molar-refractivity contribution in [3.05, 3.63) is 12.3 Å². The molecule has 0 saturated carbocycles. The highest BCUT2D eigenvalue weighted by molar-refractivity contribution is 5.24. The molecule has 1 fully saturated rings. The summed E-state index contributed by atoms with van der Waals surface area (Å²) in [6.07, 6.45) is 8.42. The first-order chi connectivity index (χ1) is 8.29. The molecule has 0 amide bonds. The fourth-order valence-electron chi connectivity index (χ4n) is 2.55. The van der Waals surface area contributed by atoms with Gasteiger partial charge in [0, 0.05) is 19.3 Å². The average molecular weight is 236 g/mol. The first-order valence-electron chi connectivity index (χ1n) is 6.82. The van der Waals surface area contributed by atoms with Gasteiger partial charge in [-0.05, 0) is 31.9 Å². The summed E-state index contributed by atoms with van der Waals surface area (Å²) in [6.45, 7) is 5.93. The average Bonchev–Trinajstić information content (AvgIpc) is 2.77. The maximum atomic E-state index is 5.65. The smallest absolute Gasteiger partial charge is 0.145 e. The maximum absolute atomic E-state index is 5.65. The summed E-state index contributed by atoms with van der Waals surface area (Å²) in [5.74, 6) is 0.635. The highest BCUT2D eigenvalue weighted by atomic mass is 15.3. The van der Waals surface area contributed by atoms with Crippen LogP contribution in [0.2, 0.25) is 0 Å². The molecule has 1 aromatic rings. The Morgan fingerprint density at radius 1 is 1.35 bits per heavy atom. The lowest BCUT2D eigenvalue weighted by Crippen LogP contribution is -2.35. The summed E-state index contributed by atoms with van der Waals surface area (Å²) >= 11 is 0. The van der Waals surface area contributed by atoms with E-state index in [9.17, 15) is 0 Å². The Hall–Kier alpha value is -1.03. The minimum atomic E-state index is 0.551. The fraction of sp³-hybridized carbons (Fsp3) is 0.769. The van der Waals surface area contributed by atoms with Gasteiger partial charge in [-0.15, -0.1) is 0 Å². The van der Waals surface area contributed by atoms with E-state index < -0.39 is 0 Å². The van der Waals surface area contributed by atoms with E-state index in [1.807, 2.05) is 16.9 Å². The van der Waals surface area contributed by atoms with Crippen LogP contribution in [0.1, 0.15) is 45.1 Å². The number of nitrogen functional groups attached to an aromatic ring is 1. The molecule has 0 aliphatic carbocycles. The SMILES string of the molecule is CCCCCN1CCC(n2ccc(N)n2)CC1. The van der Waals surface area contributed by atoms with Gasteiger partial charge >= 0.3 is 0 Å². The Bertz CT molecular complexity index is 326. The Labute approximate surface area is 104 Å². The van der Waals surface area contributed by atoms with E-state index in [-0.39, 0.29) is 0 Å². The van der Waals surface area contributed by atoms with Gasteiger partial charge in [-0.25, -0.2) is 0 Å². The van der Waals surface area contributed by atoms with Crippen molar-refractivity contribution in [3.8, 4) is 0 Å². The van der Waals surface area contributed by atoms with Crippen molar-refractivity contribution in [2.45, 2.75) is 45.1 Å². The molecule has 4 nitrogen and oxygen atoms in total. The van der Waals surface area contributed by atoms with E-state index in [1.54, 1.807) is 0 Å². The van der Waals surface area contributed by atoms with Crippen molar-refractivity contribution in [1.82, 2.24) is 14.7 Å². The second kappa shape index (κ2) is 6.05. The van der Waals surface area contributed by atoms with Crippen molar-refractivity contribution >= 4 is 5.82 Å². The van der Waals surface area contributed by atoms with Gasteiger partial charge in [0.25, 0.3) is 0 Å². The number of hydrogen-bond acceptors (Lipinski definition) is 3. The third kappa shape index (κ3) is 3.46. The zero-order valence-electron chi connectivity index (χ0n) is 10.8. The number of rotatable bonds is 5. The van der Waals surface area contributed by atoms with E-state index in [0.29, 0.717) is 11.9 Å². The highest BCUT2D eigenvalue weighted by Crippen LogP contribution is 2.22. The van der Waals surface area contributed by atoms with E-state index in [0.717, 1.165) is 0 Å². The van der Waals surface area contributed by atoms with Crippen LogP contribution in [0.3, 0.4) is 0 Å². The topological polar surface area (TPSA) is 47.1 Å². The second-order valence-corrected chi connectivity index (χ2v) is 5.00. The number of likely N-dealkylation sites (tertiary alicyclic amines) is 1. The minimum absolute atomic E-state index is 0.551. The number of anilines is 1. The largest absolute Gasteiger partial charge is 0.382 e. The molecule has 0 bridgehead atoms. The van der Waals surface area contributed by atoms with Crippen LogP contribution in [-0.4, -0.2) is 34.3 Å². The molecule has 0 spiro atoms. The molecular formula is C13H24N4. The van der Waals surface area contributed by atoms with Crippen molar-refractivity contribution in [2.75, 3.05) is 25.4 Å². The summed E-state index contributed by atoms with van der Waals surface area (Å²) in [5.41, 5.74) is 5.65. The van der Waals surface area contributed by atoms with Crippen LogP contribution in [-0.2, 0) is 0 Å².